The van der Waals surface area contributed by atoms with E-state index in [-0.39, 0.29) is 6.04 Å². The van der Waals surface area contributed by atoms with Crippen molar-refractivity contribution in [3.8, 4) is 0 Å². The van der Waals surface area contributed by atoms with E-state index in [1.54, 1.807) is 11.3 Å². The number of anilines is 1. The zero-order chi connectivity index (χ0) is 14.8. The molecule has 0 amide bonds. The Morgan fingerprint density at radius 3 is 2.52 bits per heavy atom. The van der Waals surface area contributed by atoms with Crippen LogP contribution in [0.1, 0.15) is 16.7 Å². The first-order valence-electron chi connectivity index (χ1n) is 6.38. The molecule has 0 radical (unpaired) electrons. The highest BCUT2D eigenvalue weighted by Gasteiger charge is 2.21. The Labute approximate surface area is 144 Å². The van der Waals surface area contributed by atoms with E-state index in [9.17, 15) is 0 Å². The van der Waals surface area contributed by atoms with E-state index in [1.807, 2.05) is 42.2 Å². The third kappa shape index (κ3) is 3.07. The van der Waals surface area contributed by atoms with Gasteiger partial charge in [0.2, 0.25) is 0 Å². The number of aryl methyl sites for hydroxylation is 1. The minimum absolute atomic E-state index is 0.0139. The van der Waals surface area contributed by atoms with Crippen molar-refractivity contribution in [1.29, 1.82) is 0 Å². The van der Waals surface area contributed by atoms with Crippen LogP contribution in [0.5, 0.6) is 0 Å². The molecule has 0 saturated carbocycles. The number of rotatable bonds is 4. The van der Waals surface area contributed by atoms with Gasteiger partial charge in [0.05, 0.1) is 5.69 Å². The maximum atomic E-state index is 4.50. The van der Waals surface area contributed by atoms with Crippen LogP contribution in [0.2, 0.25) is 0 Å². The maximum Gasteiger partial charge on any atom is 0.136 e. The minimum atomic E-state index is 0.0139. The van der Waals surface area contributed by atoms with Crippen molar-refractivity contribution in [2.24, 2.45) is 7.05 Å². The number of nitrogens with zero attached hydrogens (tertiary/aromatic N) is 2. The summed E-state index contributed by atoms with van der Waals surface area (Å²) in [7, 11) is 2.01. The molecular weight excluding hydrogens is 414 g/mol. The number of imidazole rings is 1. The van der Waals surface area contributed by atoms with Gasteiger partial charge in [0.1, 0.15) is 11.9 Å². The largest absolute Gasteiger partial charge is 0.369 e. The number of halogens is 2. The second kappa shape index (κ2) is 6.34. The average Bonchev–Trinajstić information content (AvgIpc) is 3.11. The zero-order valence-electron chi connectivity index (χ0n) is 11.3. The number of nitrogens with one attached hydrogen (secondary N) is 1. The van der Waals surface area contributed by atoms with E-state index in [4.69, 9.17) is 0 Å². The van der Waals surface area contributed by atoms with Gasteiger partial charge < -0.3 is 9.88 Å². The molecule has 0 aliphatic rings. The smallest absolute Gasteiger partial charge is 0.136 e. The third-order valence-corrected chi connectivity index (χ3v) is 5.45. The Morgan fingerprint density at radius 1 is 1.19 bits per heavy atom. The van der Waals surface area contributed by atoms with Crippen molar-refractivity contribution in [1.82, 2.24) is 9.55 Å². The Kier molecular flexibility index (Phi) is 4.47. The van der Waals surface area contributed by atoms with Crippen LogP contribution in [0.15, 0.2) is 57.1 Å². The lowest BCUT2D eigenvalue weighted by Crippen LogP contribution is -2.16. The molecule has 1 N–H and O–H groups in total. The van der Waals surface area contributed by atoms with Gasteiger partial charge in [-0.15, -0.1) is 11.3 Å². The summed E-state index contributed by atoms with van der Waals surface area (Å²) in [5.41, 5.74) is 1.03. The van der Waals surface area contributed by atoms with Crippen molar-refractivity contribution in [3.05, 3.63) is 67.8 Å². The lowest BCUT2D eigenvalue weighted by Gasteiger charge is -2.20. The van der Waals surface area contributed by atoms with E-state index < -0.39 is 0 Å². The molecule has 0 aliphatic heterocycles. The van der Waals surface area contributed by atoms with E-state index in [2.05, 4.69) is 59.7 Å². The van der Waals surface area contributed by atoms with Crippen molar-refractivity contribution < 1.29 is 0 Å². The predicted octanol–water partition coefficient (Wildman–Crippen LogP) is 5.21. The number of para-hydroxylation sites is 1. The van der Waals surface area contributed by atoms with Gasteiger partial charge in [0.15, 0.2) is 0 Å². The van der Waals surface area contributed by atoms with Crippen molar-refractivity contribution in [2.45, 2.75) is 6.04 Å². The summed E-state index contributed by atoms with van der Waals surface area (Å²) < 4.78 is 4.09. The van der Waals surface area contributed by atoms with Crippen LogP contribution < -0.4 is 5.32 Å². The monoisotopic (exact) mass is 425 g/mol. The van der Waals surface area contributed by atoms with Crippen molar-refractivity contribution in [3.63, 3.8) is 0 Å². The van der Waals surface area contributed by atoms with Crippen LogP contribution in [-0.4, -0.2) is 9.55 Å². The summed E-state index contributed by atoms with van der Waals surface area (Å²) in [5, 5.41) is 5.68. The summed E-state index contributed by atoms with van der Waals surface area (Å²) in [6.07, 6.45) is 3.79. The number of aromatic nitrogens is 2. The fourth-order valence-corrected chi connectivity index (χ4v) is 4.15. The Morgan fingerprint density at radius 2 is 1.95 bits per heavy atom. The molecule has 1 atom stereocenters. The molecule has 6 heteroatoms. The number of benzene rings is 1. The molecule has 2 heterocycles. The molecule has 1 aromatic carbocycles. The first kappa shape index (κ1) is 14.8. The summed E-state index contributed by atoms with van der Waals surface area (Å²) in [6.45, 7) is 0. The molecule has 21 heavy (non-hydrogen) atoms. The van der Waals surface area contributed by atoms with Crippen molar-refractivity contribution in [2.75, 3.05) is 5.32 Å². The highest BCUT2D eigenvalue weighted by Crippen LogP contribution is 2.36. The van der Waals surface area contributed by atoms with Crippen LogP contribution >= 0.6 is 43.2 Å². The van der Waals surface area contributed by atoms with E-state index in [0.29, 0.717) is 0 Å². The van der Waals surface area contributed by atoms with Crippen LogP contribution in [0.25, 0.3) is 0 Å². The lowest BCUT2D eigenvalue weighted by molar-refractivity contribution is 0.756. The van der Waals surface area contributed by atoms with Gasteiger partial charge in [-0.25, -0.2) is 4.98 Å². The molecule has 0 aliphatic carbocycles. The molecule has 3 aromatic rings. The lowest BCUT2D eigenvalue weighted by atomic mass is 10.2. The standard InChI is InChI=1S/C15H13Br2N3S/c1-20-8-7-18-15(20)14(12-6-3-9-21-12)19-13-10(16)4-2-5-11(13)17/h2-9,14,19H,1H3. The fourth-order valence-electron chi connectivity index (χ4n) is 2.15. The van der Waals surface area contributed by atoms with Gasteiger partial charge in [0, 0.05) is 33.3 Å². The second-order valence-corrected chi connectivity index (χ2v) is 7.27. The molecule has 0 saturated heterocycles. The summed E-state index contributed by atoms with van der Waals surface area (Å²) in [5.74, 6) is 0.986. The molecule has 108 valence electrons. The van der Waals surface area contributed by atoms with Crippen LogP contribution in [0.3, 0.4) is 0 Å². The first-order valence-corrected chi connectivity index (χ1v) is 8.84. The van der Waals surface area contributed by atoms with Crippen LogP contribution in [-0.2, 0) is 7.05 Å². The van der Waals surface area contributed by atoms with Gasteiger partial charge in [0.25, 0.3) is 0 Å². The third-order valence-electron chi connectivity index (χ3n) is 3.20. The summed E-state index contributed by atoms with van der Waals surface area (Å²) >= 11 is 8.93. The second-order valence-electron chi connectivity index (χ2n) is 4.59. The molecular formula is C15H13Br2N3S. The van der Waals surface area contributed by atoms with E-state index >= 15 is 0 Å². The SMILES string of the molecule is Cn1ccnc1C(Nc1c(Br)cccc1Br)c1cccs1. The molecule has 0 spiro atoms. The van der Waals surface area contributed by atoms with E-state index in [1.165, 1.54) is 4.88 Å². The van der Waals surface area contributed by atoms with Crippen molar-refractivity contribution >= 4 is 48.9 Å². The first-order chi connectivity index (χ1) is 10.2. The normalized spacial score (nSPS) is 12.3. The average molecular weight is 427 g/mol. The summed E-state index contributed by atoms with van der Waals surface area (Å²) in [4.78, 5) is 5.73. The van der Waals surface area contributed by atoms with Gasteiger partial charge in [-0.3, -0.25) is 0 Å². The predicted molar refractivity (Wildman–Crippen MR) is 94.8 cm³/mol. The minimum Gasteiger partial charge on any atom is -0.369 e. The molecule has 3 rings (SSSR count). The Balaban J connectivity index is 2.03. The van der Waals surface area contributed by atoms with Gasteiger partial charge in [-0.05, 0) is 55.4 Å². The Hall–Kier alpha value is -1.11. The zero-order valence-corrected chi connectivity index (χ0v) is 15.2. The topological polar surface area (TPSA) is 29.9 Å². The number of thiophene rings is 1. The number of hydrogen-bond acceptors (Lipinski definition) is 3. The molecule has 2 aromatic heterocycles. The van der Waals surface area contributed by atoms with Crippen LogP contribution in [0, 0.1) is 0 Å². The number of hydrogen-bond donors (Lipinski definition) is 1. The molecule has 0 bridgehead atoms. The van der Waals surface area contributed by atoms with Crippen LogP contribution in [0.4, 0.5) is 5.69 Å². The van der Waals surface area contributed by atoms with Gasteiger partial charge in [-0.1, -0.05) is 12.1 Å². The molecule has 1 unspecified atom stereocenters. The van der Waals surface area contributed by atoms with Gasteiger partial charge >= 0.3 is 0 Å². The molecule has 0 fully saturated rings. The summed E-state index contributed by atoms with van der Waals surface area (Å²) in [6, 6.07) is 10.3. The highest BCUT2D eigenvalue weighted by molar-refractivity contribution is 9.11. The van der Waals surface area contributed by atoms with E-state index in [0.717, 1.165) is 20.5 Å². The maximum absolute atomic E-state index is 4.50. The molecule has 3 nitrogen and oxygen atoms in total. The fraction of sp³-hybridized carbons (Fsp3) is 0.133. The highest BCUT2D eigenvalue weighted by atomic mass is 79.9. The Bertz CT molecular complexity index is 717. The van der Waals surface area contributed by atoms with Gasteiger partial charge in [-0.2, -0.15) is 0 Å². The quantitative estimate of drug-likeness (QED) is 0.620.